The standard InChI is InChI=1S/C18H21FN2O3S2/c19-16-7-2-1-5-14(16)9-10-20-18(22)15-6-3-11-21(13-15)26(23,24)17-8-4-12-25-17/h1-2,4-5,7-8,12,15H,3,6,9-11,13H2,(H,20,22)/t15-/m0/s1. The number of piperidine rings is 1. The van der Waals surface area contributed by atoms with Crippen molar-refractivity contribution in [1.29, 1.82) is 0 Å². The Balaban J connectivity index is 1.56. The molecule has 1 N–H and O–H groups in total. The minimum absolute atomic E-state index is 0.174. The highest BCUT2D eigenvalue weighted by atomic mass is 32.2. The molecule has 0 radical (unpaired) electrons. The van der Waals surface area contributed by atoms with Crippen LogP contribution in [0.5, 0.6) is 0 Å². The zero-order valence-electron chi connectivity index (χ0n) is 14.2. The molecule has 1 aromatic carbocycles. The summed E-state index contributed by atoms with van der Waals surface area (Å²) in [6.45, 7) is 0.943. The number of carbonyl (C=O) groups is 1. The number of hydrogen-bond donors (Lipinski definition) is 1. The third-order valence-electron chi connectivity index (χ3n) is 4.50. The van der Waals surface area contributed by atoms with Crippen molar-refractivity contribution < 1.29 is 17.6 Å². The van der Waals surface area contributed by atoms with Gasteiger partial charge in [-0.1, -0.05) is 24.3 Å². The van der Waals surface area contributed by atoms with Crippen LogP contribution in [0.2, 0.25) is 0 Å². The number of amides is 1. The second-order valence-corrected chi connectivity index (χ2v) is 9.38. The zero-order chi connectivity index (χ0) is 18.6. The Morgan fingerprint density at radius 2 is 2.08 bits per heavy atom. The van der Waals surface area contributed by atoms with Gasteiger partial charge in [0.2, 0.25) is 5.91 Å². The predicted octanol–water partition coefficient (Wildman–Crippen LogP) is 2.65. The smallest absolute Gasteiger partial charge is 0.252 e. The van der Waals surface area contributed by atoms with E-state index in [-0.39, 0.29) is 24.2 Å². The first-order chi connectivity index (χ1) is 12.5. The number of nitrogens with one attached hydrogen (secondary N) is 1. The van der Waals surface area contributed by atoms with Crippen molar-refractivity contribution in [1.82, 2.24) is 9.62 Å². The summed E-state index contributed by atoms with van der Waals surface area (Å²) in [5, 5.41) is 4.54. The molecule has 1 aliphatic heterocycles. The molecular weight excluding hydrogens is 375 g/mol. The molecule has 0 bridgehead atoms. The molecule has 2 aromatic rings. The fourth-order valence-corrected chi connectivity index (χ4v) is 5.75. The van der Waals surface area contributed by atoms with Crippen LogP contribution in [0.3, 0.4) is 0 Å². The van der Waals surface area contributed by atoms with Crippen molar-refractivity contribution in [2.75, 3.05) is 19.6 Å². The highest BCUT2D eigenvalue weighted by molar-refractivity contribution is 7.91. The molecule has 0 saturated carbocycles. The fourth-order valence-electron chi connectivity index (χ4n) is 3.08. The topological polar surface area (TPSA) is 66.5 Å². The van der Waals surface area contributed by atoms with Gasteiger partial charge in [-0.15, -0.1) is 11.3 Å². The Morgan fingerprint density at radius 1 is 1.27 bits per heavy atom. The normalized spacial score (nSPS) is 18.6. The molecule has 1 saturated heterocycles. The molecule has 1 fully saturated rings. The fraction of sp³-hybridized carbons (Fsp3) is 0.389. The van der Waals surface area contributed by atoms with E-state index in [2.05, 4.69) is 5.32 Å². The van der Waals surface area contributed by atoms with Crippen LogP contribution in [0.15, 0.2) is 46.0 Å². The van der Waals surface area contributed by atoms with Crippen molar-refractivity contribution in [2.24, 2.45) is 5.92 Å². The summed E-state index contributed by atoms with van der Waals surface area (Å²) < 4.78 is 40.5. The number of nitrogens with zero attached hydrogens (tertiary/aromatic N) is 1. The minimum atomic E-state index is -3.53. The first-order valence-corrected chi connectivity index (χ1v) is 10.9. The Hall–Kier alpha value is -1.77. The van der Waals surface area contributed by atoms with Crippen LogP contribution in [0.25, 0.3) is 0 Å². The van der Waals surface area contributed by atoms with Gasteiger partial charge < -0.3 is 5.32 Å². The second-order valence-electron chi connectivity index (χ2n) is 6.27. The quantitative estimate of drug-likeness (QED) is 0.816. The molecule has 2 heterocycles. The van der Waals surface area contributed by atoms with Crippen molar-refractivity contribution in [3.63, 3.8) is 0 Å². The summed E-state index contributed by atoms with van der Waals surface area (Å²) in [4.78, 5) is 12.4. The van der Waals surface area contributed by atoms with Gasteiger partial charge in [0.1, 0.15) is 10.0 Å². The van der Waals surface area contributed by atoms with E-state index < -0.39 is 10.0 Å². The van der Waals surface area contributed by atoms with Crippen molar-refractivity contribution in [2.45, 2.75) is 23.5 Å². The lowest BCUT2D eigenvalue weighted by Crippen LogP contribution is -2.45. The lowest BCUT2D eigenvalue weighted by atomic mass is 9.99. The number of hydrogen-bond acceptors (Lipinski definition) is 4. The monoisotopic (exact) mass is 396 g/mol. The Kier molecular flexibility index (Phi) is 6.05. The van der Waals surface area contributed by atoms with E-state index >= 15 is 0 Å². The van der Waals surface area contributed by atoms with E-state index in [0.29, 0.717) is 42.1 Å². The summed E-state index contributed by atoms with van der Waals surface area (Å²) in [6, 6.07) is 9.76. The molecule has 8 heteroatoms. The number of benzene rings is 1. The van der Waals surface area contributed by atoms with Gasteiger partial charge in [0.05, 0.1) is 5.92 Å². The highest BCUT2D eigenvalue weighted by Gasteiger charge is 2.33. The Labute approximate surface area is 156 Å². The van der Waals surface area contributed by atoms with Gasteiger partial charge in [-0.2, -0.15) is 4.31 Å². The molecule has 0 unspecified atom stereocenters. The first kappa shape index (κ1) is 19.0. The average molecular weight is 397 g/mol. The van der Waals surface area contributed by atoms with E-state index in [1.165, 1.54) is 21.7 Å². The van der Waals surface area contributed by atoms with E-state index in [0.717, 1.165) is 0 Å². The second kappa shape index (κ2) is 8.28. The van der Waals surface area contributed by atoms with Crippen LogP contribution in [0.1, 0.15) is 18.4 Å². The molecule has 26 heavy (non-hydrogen) atoms. The number of thiophene rings is 1. The maximum atomic E-state index is 13.6. The molecule has 1 aromatic heterocycles. The van der Waals surface area contributed by atoms with Gasteiger partial charge in [-0.3, -0.25) is 4.79 Å². The third kappa shape index (κ3) is 4.31. The number of carbonyl (C=O) groups excluding carboxylic acids is 1. The minimum Gasteiger partial charge on any atom is -0.355 e. The molecule has 0 spiro atoms. The summed E-state index contributed by atoms with van der Waals surface area (Å²) in [7, 11) is -3.53. The summed E-state index contributed by atoms with van der Waals surface area (Å²) in [5.74, 6) is -0.834. The van der Waals surface area contributed by atoms with Crippen molar-refractivity contribution in [3.05, 3.63) is 53.2 Å². The summed E-state index contributed by atoms with van der Waals surface area (Å²) in [5.41, 5.74) is 0.554. The average Bonchev–Trinajstić information content (AvgIpc) is 3.19. The van der Waals surface area contributed by atoms with Gasteiger partial charge in [0, 0.05) is 19.6 Å². The van der Waals surface area contributed by atoms with Crippen LogP contribution in [0, 0.1) is 11.7 Å². The largest absolute Gasteiger partial charge is 0.355 e. The van der Waals surface area contributed by atoms with Crippen LogP contribution >= 0.6 is 11.3 Å². The van der Waals surface area contributed by atoms with E-state index in [4.69, 9.17) is 0 Å². The van der Waals surface area contributed by atoms with Crippen LogP contribution in [-0.2, 0) is 21.2 Å². The van der Waals surface area contributed by atoms with Gasteiger partial charge >= 0.3 is 0 Å². The Bertz CT molecular complexity index is 853. The van der Waals surface area contributed by atoms with E-state index in [1.54, 1.807) is 35.7 Å². The maximum Gasteiger partial charge on any atom is 0.252 e. The maximum absolute atomic E-state index is 13.6. The lowest BCUT2D eigenvalue weighted by molar-refractivity contribution is -0.126. The van der Waals surface area contributed by atoms with Crippen molar-refractivity contribution in [3.8, 4) is 0 Å². The molecule has 1 amide bonds. The predicted molar refractivity (Wildman–Crippen MR) is 98.9 cm³/mol. The first-order valence-electron chi connectivity index (χ1n) is 8.53. The highest BCUT2D eigenvalue weighted by Crippen LogP contribution is 2.26. The molecular formula is C18H21FN2O3S2. The molecule has 1 aliphatic rings. The van der Waals surface area contributed by atoms with Gasteiger partial charge in [-0.25, -0.2) is 12.8 Å². The molecule has 1 atom stereocenters. The van der Waals surface area contributed by atoms with E-state index in [9.17, 15) is 17.6 Å². The molecule has 0 aliphatic carbocycles. The van der Waals surface area contributed by atoms with Crippen LogP contribution in [0.4, 0.5) is 4.39 Å². The molecule has 5 nitrogen and oxygen atoms in total. The van der Waals surface area contributed by atoms with Crippen LogP contribution < -0.4 is 5.32 Å². The SMILES string of the molecule is O=C(NCCc1ccccc1F)[C@H]1CCCN(S(=O)(=O)c2cccs2)C1. The number of halogens is 1. The lowest BCUT2D eigenvalue weighted by Gasteiger charge is -2.30. The molecule has 3 rings (SSSR count). The number of sulfonamides is 1. The summed E-state index contributed by atoms with van der Waals surface area (Å²) in [6.07, 6.45) is 1.71. The zero-order valence-corrected chi connectivity index (χ0v) is 15.9. The van der Waals surface area contributed by atoms with Crippen molar-refractivity contribution >= 4 is 27.3 Å². The van der Waals surface area contributed by atoms with Crippen LogP contribution in [-0.4, -0.2) is 38.3 Å². The van der Waals surface area contributed by atoms with Gasteiger partial charge in [0.25, 0.3) is 10.0 Å². The number of rotatable bonds is 6. The van der Waals surface area contributed by atoms with Gasteiger partial charge in [0.15, 0.2) is 0 Å². The third-order valence-corrected chi connectivity index (χ3v) is 7.73. The van der Waals surface area contributed by atoms with Gasteiger partial charge in [-0.05, 0) is 42.3 Å². The summed E-state index contributed by atoms with van der Waals surface area (Å²) >= 11 is 1.18. The molecule has 140 valence electrons. The van der Waals surface area contributed by atoms with E-state index in [1.807, 2.05) is 0 Å². The Morgan fingerprint density at radius 3 is 2.81 bits per heavy atom.